The Hall–Kier alpha value is -8.26. The van der Waals surface area contributed by atoms with Gasteiger partial charge >= 0.3 is 34.7 Å². The predicted octanol–water partition coefficient (Wildman–Crippen LogP) is 1.51. The molecule has 67 heavy (non-hydrogen) atoms. The van der Waals surface area contributed by atoms with E-state index in [-0.39, 0.29) is 137 Å². The minimum Gasteiger partial charge on any atom is -0.592 e. The molecule has 21 nitrogen and oxygen atoms in total. The number of aliphatic hydroxyl groups excluding tert-OH is 3. The van der Waals surface area contributed by atoms with Gasteiger partial charge in [0.15, 0.2) is 18.3 Å². The molecule has 0 bridgehead atoms. The number of rotatable bonds is 3. The fraction of sp³-hybridized carbons (Fsp3) is 0.133. The summed E-state index contributed by atoms with van der Waals surface area (Å²) >= 11 is 0. The first-order valence-corrected chi connectivity index (χ1v) is 19.2. The van der Waals surface area contributed by atoms with Gasteiger partial charge in [0, 0.05) is 53.1 Å². The molecular formula is C45H42AlO21+9. The molecule has 342 valence electrons. The molecule has 3 heterocycles. The summed E-state index contributed by atoms with van der Waals surface area (Å²) in [5.74, 6) is -4.06. The SMILES string of the molecule is Oc1ccc(C2Oc3cc(O)cc([OH2+])c3C(=[OH+])C2O)c(O)c1.Oc1ccc(C2Oc3cc(O)cc([OH2+])c3C(=[OH+])C2O)c(O)c1.Oc1ccc(C2Oc3cc(O)cc([OH2+])c3C(=[OH+])C2O)c(O)c1.[Al+3]. The van der Waals surface area contributed by atoms with Crippen LogP contribution in [0, 0.1) is 0 Å². The van der Waals surface area contributed by atoms with Crippen LogP contribution in [0.25, 0.3) is 0 Å². The number of aliphatic hydroxyl groups is 3. The van der Waals surface area contributed by atoms with Crippen LogP contribution in [0.5, 0.6) is 86.2 Å². The summed E-state index contributed by atoms with van der Waals surface area (Å²) in [7, 11) is 0. The summed E-state index contributed by atoms with van der Waals surface area (Å²) in [5.41, 5.74) is 0.409. The molecule has 6 aromatic carbocycles. The number of carbonyl (C=O) groups excluding carboxylic acids is 3. The molecule has 0 saturated carbocycles. The molecule has 9 rings (SSSR count). The fourth-order valence-electron chi connectivity index (χ4n) is 7.37. The number of fused-ring (bicyclic) bond motifs is 3. The summed E-state index contributed by atoms with van der Waals surface area (Å²) in [4.78, 5) is 30.4. The molecule has 6 unspecified atom stereocenters. The van der Waals surface area contributed by atoms with Crippen molar-refractivity contribution < 1.29 is 105 Å². The van der Waals surface area contributed by atoms with Gasteiger partial charge in [-0.2, -0.15) is 0 Å². The van der Waals surface area contributed by atoms with Gasteiger partial charge in [0.05, 0.1) is 18.2 Å². The zero-order valence-electron chi connectivity index (χ0n) is 34.1. The minimum atomic E-state index is -1.50. The third-order valence-corrected chi connectivity index (χ3v) is 10.5. The van der Waals surface area contributed by atoms with Crippen LogP contribution in [-0.2, 0) is 0 Å². The zero-order chi connectivity index (χ0) is 48.0. The van der Waals surface area contributed by atoms with Crippen molar-refractivity contribution in [3.05, 3.63) is 124 Å². The molecule has 22 heteroatoms. The molecular weight excluding hydrogens is 903 g/mol. The molecule has 0 aromatic heterocycles. The van der Waals surface area contributed by atoms with E-state index in [0.717, 1.165) is 36.4 Å². The second-order valence-corrected chi connectivity index (χ2v) is 14.9. The Morgan fingerprint density at radius 3 is 0.821 bits per heavy atom. The van der Waals surface area contributed by atoms with Gasteiger partial charge in [-0.1, -0.05) is 0 Å². The predicted molar refractivity (Wildman–Crippen MR) is 235 cm³/mol. The normalized spacial score (nSPS) is 20.0. The molecule has 0 spiro atoms. The van der Waals surface area contributed by atoms with Gasteiger partial charge in [-0.3, -0.25) is 14.4 Å². The standard InChI is InChI=1S/3C15H12O7.Al/c3*16-6-1-2-8(9(18)3-6)15-14(21)13(20)12-10(19)4-7(17)5-11(12)22-15;/h3*1-5,14-19,21H;/q;;;+3/p+6. The average molecular weight is 946 g/mol. The minimum absolute atomic E-state index is 0. The van der Waals surface area contributed by atoms with Gasteiger partial charge in [-0.15, -0.1) is 0 Å². The topological polar surface area (TPSA) is 403 Å². The van der Waals surface area contributed by atoms with Crippen molar-refractivity contribution in [2.75, 3.05) is 0 Å². The third kappa shape index (κ3) is 9.32. The Bertz CT molecular complexity index is 2630. The Labute approximate surface area is 386 Å². The Kier molecular flexibility index (Phi) is 13.4. The third-order valence-electron chi connectivity index (χ3n) is 10.5. The van der Waals surface area contributed by atoms with Gasteiger partial charge in [-0.25, -0.2) is 0 Å². The molecule has 6 atom stereocenters. The van der Waals surface area contributed by atoms with E-state index >= 15 is 0 Å². The van der Waals surface area contributed by atoms with E-state index in [4.69, 9.17) is 29.5 Å². The number of ketones is 3. The van der Waals surface area contributed by atoms with Crippen molar-refractivity contribution in [3.8, 4) is 86.2 Å². The quantitative estimate of drug-likeness (QED) is 0.0884. The number of phenolic OH excluding ortho intramolecular Hbond substituents is 9. The van der Waals surface area contributed by atoms with Crippen LogP contribution >= 0.6 is 0 Å². The molecule has 0 saturated heterocycles. The van der Waals surface area contributed by atoms with Gasteiger partial charge in [0.25, 0.3) is 17.2 Å². The van der Waals surface area contributed by atoms with Gasteiger partial charge in [0.2, 0.25) is 35.0 Å². The molecule has 0 amide bonds. The van der Waals surface area contributed by atoms with E-state index in [1.165, 1.54) is 54.6 Å². The van der Waals surface area contributed by atoms with Crippen LogP contribution in [0.15, 0.2) is 91.0 Å². The van der Waals surface area contributed by atoms with E-state index in [1.807, 2.05) is 0 Å². The van der Waals surface area contributed by atoms with E-state index < -0.39 is 54.0 Å². The first kappa shape index (κ1) is 48.2. The molecule has 3 aliphatic heterocycles. The molecule has 6 aromatic rings. The first-order valence-electron chi connectivity index (χ1n) is 19.2. The average Bonchev–Trinajstić information content (AvgIpc) is 3.22. The fourth-order valence-corrected chi connectivity index (χ4v) is 7.37. The maximum absolute atomic E-state index is 10.2. The maximum Gasteiger partial charge on any atom is 3.00 e. The monoisotopic (exact) mass is 945 g/mol. The largest absolute Gasteiger partial charge is 3.00 e. The van der Waals surface area contributed by atoms with Crippen LogP contribution in [0.1, 0.15) is 51.7 Å². The number of ether oxygens (including phenoxy) is 3. The van der Waals surface area contributed by atoms with E-state index in [2.05, 4.69) is 0 Å². The van der Waals surface area contributed by atoms with E-state index in [0.29, 0.717) is 0 Å². The number of hydrogen-bond donors (Lipinski definition) is 12. The molecule has 0 aliphatic carbocycles. The summed E-state index contributed by atoms with van der Waals surface area (Å²) in [6, 6.07) is 18.2. The van der Waals surface area contributed by atoms with Crippen molar-refractivity contribution in [1.82, 2.24) is 0 Å². The Morgan fingerprint density at radius 2 is 0.597 bits per heavy atom. The van der Waals surface area contributed by atoms with Crippen molar-refractivity contribution in [1.29, 1.82) is 0 Å². The first-order chi connectivity index (χ1) is 31.1. The van der Waals surface area contributed by atoms with Crippen LogP contribution in [-0.4, -0.2) is 144 Å². The van der Waals surface area contributed by atoms with E-state index in [9.17, 15) is 75.7 Å². The van der Waals surface area contributed by atoms with Gasteiger partial charge < -0.3 is 90.8 Å². The summed E-state index contributed by atoms with van der Waals surface area (Å²) in [6.07, 6.45) is -7.94. The van der Waals surface area contributed by atoms with Crippen LogP contribution < -0.4 is 14.2 Å². The Morgan fingerprint density at radius 1 is 0.358 bits per heavy atom. The van der Waals surface area contributed by atoms with Crippen LogP contribution in [0.4, 0.5) is 0 Å². The maximum atomic E-state index is 10.2. The van der Waals surface area contributed by atoms with Gasteiger partial charge in [0.1, 0.15) is 69.0 Å². The number of hydrogen-bond acceptors (Lipinski definition) is 15. The Balaban J connectivity index is 0.000000165. The molecule has 0 radical (unpaired) electrons. The second kappa shape index (κ2) is 18.7. The van der Waals surface area contributed by atoms with Crippen molar-refractivity contribution >= 4 is 34.7 Å². The molecule has 0 fully saturated rings. The smallest absolute Gasteiger partial charge is 0.592 e. The van der Waals surface area contributed by atoms with Crippen molar-refractivity contribution in [2.24, 2.45) is 0 Å². The second-order valence-electron chi connectivity index (χ2n) is 14.9. The molecule has 21 N–H and O–H groups in total. The summed E-state index contributed by atoms with van der Waals surface area (Å²) in [5, 5.41) is 140. The number of aromatic hydroxyl groups is 9. The number of phenols is 9. The zero-order valence-corrected chi connectivity index (χ0v) is 35.3. The summed E-state index contributed by atoms with van der Waals surface area (Å²) < 4.78 is 16.6. The van der Waals surface area contributed by atoms with E-state index in [1.54, 1.807) is 0 Å². The number of benzene rings is 6. The van der Waals surface area contributed by atoms with Crippen molar-refractivity contribution in [2.45, 2.75) is 36.6 Å². The molecule has 3 aliphatic rings. The van der Waals surface area contributed by atoms with Crippen LogP contribution in [0.2, 0.25) is 0 Å². The van der Waals surface area contributed by atoms with Crippen LogP contribution in [0.3, 0.4) is 0 Å². The summed E-state index contributed by atoms with van der Waals surface area (Å²) in [6.45, 7) is 0. The van der Waals surface area contributed by atoms with Crippen molar-refractivity contribution in [3.63, 3.8) is 0 Å². The van der Waals surface area contributed by atoms with Gasteiger partial charge in [-0.05, 0) is 36.4 Å².